The molecule has 2 saturated heterocycles. The summed E-state index contributed by atoms with van der Waals surface area (Å²) in [6, 6.07) is 4.01. The number of carbonyl (C=O) groups excluding carboxylic acids is 1. The predicted molar refractivity (Wildman–Crippen MR) is 96.6 cm³/mol. The number of hydrogen-bond acceptors (Lipinski definition) is 6. The van der Waals surface area contributed by atoms with Gasteiger partial charge in [0, 0.05) is 46.4 Å². The molecular weight excluding hydrogens is 318 g/mol. The van der Waals surface area contributed by atoms with Crippen molar-refractivity contribution >= 4 is 11.7 Å². The van der Waals surface area contributed by atoms with Crippen LogP contribution >= 0.6 is 0 Å². The molecule has 2 aliphatic rings. The third-order valence-electron chi connectivity index (χ3n) is 5.15. The zero-order valence-corrected chi connectivity index (χ0v) is 15.4. The van der Waals surface area contributed by atoms with Crippen molar-refractivity contribution in [3.8, 4) is 0 Å². The van der Waals surface area contributed by atoms with Crippen molar-refractivity contribution in [2.24, 2.45) is 5.92 Å². The van der Waals surface area contributed by atoms with Crippen LogP contribution in [0.15, 0.2) is 12.1 Å². The Morgan fingerprint density at radius 2 is 2.08 bits per heavy atom. The van der Waals surface area contributed by atoms with Gasteiger partial charge in [-0.15, -0.1) is 5.10 Å². The quantitative estimate of drug-likeness (QED) is 0.785. The Balaban J connectivity index is 1.52. The maximum atomic E-state index is 12.9. The molecule has 1 aromatic heterocycles. The van der Waals surface area contributed by atoms with Crippen LogP contribution in [0, 0.1) is 12.8 Å². The molecule has 0 spiro atoms. The number of hydrogen-bond donors (Lipinski definition) is 0. The van der Waals surface area contributed by atoms with Gasteiger partial charge in [0.15, 0.2) is 5.82 Å². The van der Waals surface area contributed by atoms with E-state index >= 15 is 0 Å². The smallest absolute Gasteiger partial charge is 0.227 e. The van der Waals surface area contributed by atoms with Crippen LogP contribution in [-0.4, -0.2) is 85.4 Å². The molecule has 138 valence electrons. The van der Waals surface area contributed by atoms with E-state index in [0.717, 1.165) is 76.8 Å². The average Bonchev–Trinajstić information content (AvgIpc) is 2.96. The summed E-state index contributed by atoms with van der Waals surface area (Å²) in [5.41, 5.74) is 0.926. The molecule has 3 rings (SSSR count). The highest BCUT2D eigenvalue weighted by molar-refractivity contribution is 5.79. The van der Waals surface area contributed by atoms with Crippen LogP contribution in [0.5, 0.6) is 0 Å². The Morgan fingerprint density at radius 3 is 2.84 bits per heavy atom. The molecule has 0 N–H and O–H groups in total. The lowest BCUT2D eigenvalue weighted by atomic mass is 10.1. The van der Waals surface area contributed by atoms with Crippen molar-refractivity contribution < 1.29 is 9.53 Å². The van der Waals surface area contributed by atoms with Gasteiger partial charge in [0.25, 0.3) is 0 Å². The van der Waals surface area contributed by atoms with Gasteiger partial charge in [-0.25, -0.2) is 0 Å². The van der Waals surface area contributed by atoms with Gasteiger partial charge in [-0.1, -0.05) is 0 Å². The van der Waals surface area contributed by atoms with E-state index in [2.05, 4.69) is 20.0 Å². The van der Waals surface area contributed by atoms with E-state index in [1.165, 1.54) is 0 Å². The van der Waals surface area contributed by atoms with E-state index in [-0.39, 0.29) is 5.92 Å². The highest BCUT2D eigenvalue weighted by Crippen LogP contribution is 2.20. The first kappa shape index (κ1) is 18.1. The van der Waals surface area contributed by atoms with Crippen LogP contribution in [-0.2, 0) is 9.53 Å². The van der Waals surface area contributed by atoms with Gasteiger partial charge in [-0.3, -0.25) is 4.79 Å². The summed E-state index contributed by atoms with van der Waals surface area (Å²) in [4.78, 5) is 19.5. The normalized spacial score (nSPS) is 22.2. The summed E-state index contributed by atoms with van der Waals surface area (Å²) in [6.45, 7) is 8.81. The number of anilines is 1. The second-order valence-electron chi connectivity index (χ2n) is 6.98. The molecule has 3 heterocycles. The van der Waals surface area contributed by atoms with Crippen LogP contribution in [0.2, 0.25) is 0 Å². The minimum Gasteiger partial charge on any atom is -0.383 e. The SMILES string of the molecule is COCCN1CCC(C(=O)N2CCCN(c3ccc(C)nn3)CC2)C1. The molecule has 7 heteroatoms. The molecule has 0 radical (unpaired) electrons. The molecule has 1 aromatic rings. The van der Waals surface area contributed by atoms with Crippen molar-refractivity contribution in [2.75, 3.05) is 64.4 Å². The fourth-order valence-electron chi connectivity index (χ4n) is 3.64. The van der Waals surface area contributed by atoms with E-state index in [4.69, 9.17) is 4.74 Å². The topological polar surface area (TPSA) is 61.8 Å². The fourth-order valence-corrected chi connectivity index (χ4v) is 3.64. The summed E-state index contributed by atoms with van der Waals surface area (Å²) >= 11 is 0. The first-order valence-corrected chi connectivity index (χ1v) is 9.22. The number of likely N-dealkylation sites (tertiary alicyclic amines) is 1. The Hall–Kier alpha value is -1.73. The van der Waals surface area contributed by atoms with Gasteiger partial charge in [0.2, 0.25) is 5.91 Å². The number of aryl methyl sites for hydroxylation is 1. The number of ether oxygens (including phenoxy) is 1. The maximum absolute atomic E-state index is 12.9. The molecular formula is C18H29N5O2. The summed E-state index contributed by atoms with van der Waals surface area (Å²) < 4.78 is 5.14. The number of aromatic nitrogens is 2. The molecule has 0 saturated carbocycles. The van der Waals surface area contributed by atoms with Gasteiger partial charge in [-0.05, 0) is 38.4 Å². The number of amides is 1. The van der Waals surface area contributed by atoms with Gasteiger partial charge >= 0.3 is 0 Å². The Kier molecular flexibility index (Phi) is 6.20. The lowest BCUT2D eigenvalue weighted by Gasteiger charge is -2.25. The molecule has 0 bridgehead atoms. The number of nitrogens with zero attached hydrogens (tertiary/aromatic N) is 5. The average molecular weight is 347 g/mol. The van der Waals surface area contributed by atoms with Gasteiger partial charge in [0.1, 0.15) is 0 Å². The predicted octanol–water partition coefficient (Wildman–Crippen LogP) is 0.792. The molecule has 1 unspecified atom stereocenters. The van der Waals surface area contributed by atoms with Crippen molar-refractivity contribution in [1.82, 2.24) is 20.0 Å². The molecule has 2 aliphatic heterocycles. The first-order valence-electron chi connectivity index (χ1n) is 9.22. The van der Waals surface area contributed by atoms with Crippen LogP contribution in [0.4, 0.5) is 5.82 Å². The molecule has 0 aliphatic carbocycles. The Morgan fingerprint density at radius 1 is 1.20 bits per heavy atom. The largest absolute Gasteiger partial charge is 0.383 e. The second-order valence-corrected chi connectivity index (χ2v) is 6.98. The maximum Gasteiger partial charge on any atom is 0.227 e. The fraction of sp³-hybridized carbons (Fsp3) is 0.722. The molecule has 1 amide bonds. The number of rotatable bonds is 5. The molecule has 7 nitrogen and oxygen atoms in total. The molecule has 0 aromatic carbocycles. The third-order valence-corrected chi connectivity index (χ3v) is 5.15. The zero-order chi connectivity index (χ0) is 17.6. The lowest BCUT2D eigenvalue weighted by molar-refractivity contribution is -0.134. The van der Waals surface area contributed by atoms with Gasteiger partial charge < -0.3 is 19.4 Å². The van der Waals surface area contributed by atoms with E-state index in [1.807, 2.05) is 24.0 Å². The minimum atomic E-state index is 0.141. The summed E-state index contributed by atoms with van der Waals surface area (Å²) in [5.74, 6) is 1.37. The van der Waals surface area contributed by atoms with Crippen LogP contribution in [0.1, 0.15) is 18.5 Å². The van der Waals surface area contributed by atoms with Crippen molar-refractivity contribution in [3.63, 3.8) is 0 Å². The summed E-state index contributed by atoms with van der Waals surface area (Å²) in [6.07, 6.45) is 1.94. The third kappa shape index (κ3) is 4.67. The van der Waals surface area contributed by atoms with Crippen molar-refractivity contribution in [3.05, 3.63) is 17.8 Å². The Labute approximate surface area is 149 Å². The minimum absolute atomic E-state index is 0.141. The molecule has 1 atom stereocenters. The second kappa shape index (κ2) is 8.58. The summed E-state index contributed by atoms with van der Waals surface area (Å²) in [5, 5.41) is 8.43. The molecule has 25 heavy (non-hydrogen) atoms. The Bertz CT molecular complexity index is 565. The van der Waals surface area contributed by atoms with Gasteiger partial charge in [0.05, 0.1) is 18.2 Å². The van der Waals surface area contributed by atoms with Crippen molar-refractivity contribution in [2.45, 2.75) is 19.8 Å². The lowest BCUT2D eigenvalue weighted by Crippen LogP contribution is -2.40. The number of carbonyl (C=O) groups is 1. The van der Waals surface area contributed by atoms with Gasteiger partial charge in [-0.2, -0.15) is 5.10 Å². The standard InChI is InChI=1S/C18H29N5O2/c1-15-4-5-17(20-19-15)22-7-3-8-23(11-10-22)18(24)16-6-9-21(14-16)12-13-25-2/h4-5,16H,3,6-14H2,1-2H3. The van der Waals surface area contributed by atoms with Crippen LogP contribution in [0.25, 0.3) is 0 Å². The van der Waals surface area contributed by atoms with E-state index in [0.29, 0.717) is 5.91 Å². The van der Waals surface area contributed by atoms with Crippen molar-refractivity contribution in [1.29, 1.82) is 0 Å². The highest BCUT2D eigenvalue weighted by Gasteiger charge is 2.32. The number of methoxy groups -OCH3 is 1. The highest BCUT2D eigenvalue weighted by atomic mass is 16.5. The molecule has 2 fully saturated rings. The summed E-state index contributed by atoms with van der Waals surface area (Å²) in [7, 11) is 1.72. The van der Waals surface area contributed by atoms with Crippen LogP contribution < -0.4 is 4.90 Å². The zero-order valence-electron chi connectivity index (χ0n) is 15.4. The monoisotopic (exact) mass is 347 g/mol. The van der Waals surface area contributed by atoms with E-state index < -0.39 is 0 Å². The first-order chi connectivity index (χ1) is 12.2. The van der Waals surface area contributed by atoms with E-state index in [9.17, 15) is 4.79 Å². The van der Waals surface area contributed by atoms with Crippen LogP contribution in [0.3, 0.4) is 0 Å². The van der Waals surface area contributed by atoms with E-state index in [1.54, 1.807) is 7.11 Å².